The van der Waals surface area contributed by atoms with Gasteiger partial charge < -0.3 is 9.64 Å². The van der Waals surface area contributed by atoms with E-state index in [9.17, 15) is 13.2 Å². The van der Waals surface area contributed by atoms with Gasteiger partial charge in [-0.2, -0.15) is 13.2 Å². The van der Waals surface area contributed by atoms with Gasteiger partial charge in [-0.25, -0.2) is 10.4 Å². The van der Waals surface area contributed by atoms with Crippen LogP contribution >= 0.6 is 23.2 Å². The normalized spacial score (nSPS) is 21.8. The van der Waals surface area contributed by atoms with E-state index < -0.39 is 11.7 Å². The van der Waals surface area contributed by atoms with Crippen molar-refractivity contribution < 1.29 is 17.9 Å². The number of hydrogen-bond acceptors (Lipinski definition) is 4. The number of ether oxygens (including phenoxy) is 1. The molecule has 0 aliphatic carbocycles. The van der Waals surface area contributed by atoms with E-state index in [0.717, 1.165) is 6.92 Å². The van der Waals surface area contributed by atoms with Gasteiger partial charge in [0.25, 0.3) is 0 Å². The van der Waals surface area contributed by atoms with Gasteiger partial charge in [0.1, 0.15) is 17.2 Å². The number of fused-ring (bicyclic) bond motifs is 1. The Morgan fingerprint density at radius 3 is 2.31 bits per heavy atom. The van der Waals surface area contributed by atoms with Gasteiger partial charge >= 0.3 is 6.18 Å². The fourth-order valence-electron chi connectivity index (χ4n) is 3.77. The molecule has 1 atom stereocenters. The summed E-state index contributed by atoms with van der Waals surface area (Å²) in [4.78, 5) is 1.76. The average molecular weight is 450 g/mol. The largest absolute Gasteiger partial charge is 0.440 e. The standard InChI is InChI=1S/C20H24Cl2F3N3O/c1-5-9-27(10-6-2)17-18-28(26-19(17,4)20(23,24)25)16(12(3)29-18)14-8-7-13(21)11-15(14)22/h7-8,11,26H,5-6,9-10H2,1-4H3. The van der Waals surface area contributed by atoms with Gasteiger partial charge in [-0.15, -0.1) is 0 Å². The highest BCUT2D eigenvalue weighted by Gasteiger charge is 2.63. The Morgan fingerprint density at radius 1 is 1.17 bits per heavy atom. The monoisotopic (exact) mass is 449 g/mol. The number of hydrazine groups is 1. The van der Waals surface area contributed by atoms with Crippen LogP contribution in [0.1, 0.15) is 46.1 Å². The summed E-state index contributed by atoms with van der Waals surface area (Å²) in [6.45, 7) is 7.72. The molecule has 0 saturated heterocycles. The third-order valence-corrected chi connectivity index (χ3v) is 5.63. The number of allylic oxidation sites excluding steroid dienone is 1. The summed E-state index contributed by atoms with van der Waals surface area (Å²) >= 11 is 12.3. The first kappa shape index (κ1) is 22.1. The molecule has 0 bridgehead atoms. The van der Waals surface area contributed by atoms with Crippen molar-refractivity contribution in [1.29, 1.82) is 0 Å². The Balaban J connectivity index is 2.15. The van der Waals surface area contributed by atoms with E-state index in [1.54, 1.807) is 30.0 Å². The SMILES string of the molecule is CCCN(CCC)C1=C2OC(C)=C(c3ccc(Cl)cc3Cl)N2NC1(C)C(F)(F)F. The van der Waals surface area contributed by atoms with Crippen molar-refractivity contribution in [3.8, 4) is 0 Å². The van der Waals surface area contributed by atoms with E-state index in [-0.39, 0.29) is 11.6 Å². The van der Waals surface area contributed by atoms with Crippen LogP contribution in [-0.4, -0.2) is 34.7 Å². The molecule has 4 nitrogen and oxygen atoms in total. The predicted octanol–water partition coefficient (Wildman–Crippen LogP) is 6.14. The van der Waals surface area contributed by atoms with Gasteiger partial charge in [-0.05, 0) is 44.9 Å². The number of benzene rings is 1. The van der Waals surface area contributed by atoms with Crippen LogP contribution in [0.3, 0.4) is 0 Å². The number of hydrogen-bond donors (Lipinski definition) is 1. The first-order valence-electron chi connectivity index (χ1n) is 9.53. The van der Waals surface area contributed by atoms with Crippen molar-refractivity contribution in [2.24, 2.45) is 0 Å². The molecule has 0 spiro atoms. The molecule has 3 rings (SSSR count). The molecule has 1 unspecified atom stereocenters. The summed E-state index contributed by atoms with van der Waals surface area (Å²) in [5, 5.41) is 2.14. The van der Waals surface area contributed by atoms with E-state index in [0.29, 0.717) is 53.0 Å². The number of nitrogens with zero attached hydrogens (tertiary/aromatic N) is 2. The van der Waals surface area contributed by atoms with Crippen molar-refractivity contribution in [3.63, 3.8) is 0 Å². The first-order valence-corrected chi connectivity index (χ1v) is 10.3. The van der Waals surface area contributed by atoms with Gasteiger partial charge in [0.2, 0.25) is 5.88 Å². The zero-order chi connectivity index (χ0) is 21.6. The maximum Gasteiger partial charge on any atom is 0.413 e. The van der Waals surface area contributed by atoms with Crippen LogP contribution in [0, 0.1) is 0 Å². The lowest BCUT2D eigenvalue weighted by Crippen LogP contribution is -2.58. The van der Waals surface area contributed by atoms with Crippen LogP contribution in [0.2, 0.25) is 10.0 Å². The van der Waals surface area contributed by atoms with Crippen LogP contribution in [0.4, 0.5) is 13.2 Å². The predicted molar refractivity (Wildman–Crippen MR) is 109 cm³/mol. The molecule has 2 heterocycles. The molecular weight excluding hydrogens is 426 g/mol. The summed E-state index contributed by atoms with van der Waals surface area (Å²) in [5.74, 6) is 0.608. The molecule has 29 heavy (non-hydrogen) atoms. The van der Waals surface area contributed by atoms with E-state index in [2.05, 4.69) is 5.43 Å². The second-order valence-electron chi connectivity index (χ2n) is 7.34. The lowest BCUT2D eigenvalue weighted by Gasteiger charge is -2.37. The molecule has 2 aliphatic heterocycles. The minimum absolute atomic E-state index is 0.0909. The average Bonchev–Trinajstić information content (AvgIpc) is 3.06. The van der Waals surface area contributed by atoms with Crippen molar-refractivity contribution in [1.82, 2.24) is 15.3 Å². The third-order valence-electron chi connectivity index (χ3n) is 5.08. The van der Waals surface area contributed by atoms with Crippen LogP contribution in [0.5, 0.6) is 0 Å². The number of halogens is 5. The maximum absolute atomic E-state index is 14.2. The Labute approximate surface area is 178 Å². The van der Waals surface area contributed by atoms with Gasteiger partial charge in [0.05, 0.1) is 5.02 Å². The zero-order valence-corrected chi connectivity index (χ0v) is 18.3. The van der Waals surface area contributed by atoms with Crippen LogP contribution in [-0.2, 0) is 4.74 Å². The fraction of sp³-hybridized carbons (Fsp3) is 0.500. The lowest BCUT2D eigenvalue weighted by molar-refractivity contribution is -0.188. The highest BCUT2D eigenvalue weighted by Crippen LogP contribution is 2.50. The molecule has 0 saturated carbocycles. The molecule has 9 heteroatoms. The quantitative estimate of drug-likeness (QED) is 0.563. The minimum atomic E-state index is -4.54. The molecule has 0 amide bonds. The van der Waals surface area contributed by atoms with Gasteiger partial charge in [-0.1, -0.05) is 37.0 Å². The van der Waals surface area contributed by atoms with Crippen molar-refractivity contribution in [3.05, 3.63) is 51.1 Å². The molecule has 0 fully saturated rings. The van der Waals surface area contributed by atoms with E-state index in [1.165, 1.54) is 5.01 Å². The van der Waals surface area contributed by atoms with Crippen LogP contribution in [0.25, 0.3) is 5.70 Å². The number of nitrogens with one attached hydrogen (secondary N) is 1. The van der Waals surface area contributed by atoms with Gasteiger partial charge in [0, 0.05) is 23.7 Å². The maximum atomic E-state index is 14.2. The highest BCUT2D eigenvalue weighted by molar-refractivity contribution is 6.35. The van der Waals surface area contributed by atoms with E-state index in [1.807, 2.05) is 13.8 Å². The molecule has 0 aromatic heterocycles. The second-order valence-corrected chi connectivity index (χ2v) is 8.19. The molecular formula is C20H24Cl2F3N3O. The topological polar surface area (TPSA) is 27.7 Å². The first-order chi connectivity index (χ1) is 13.5. The molecule has 1 aromatic carbocycles. The Bertz CT molecular complexity index is 863. The zero-order valence-electron chi connectivity index (χ0n) is 16.8. The van der Waals surface area contributed by atoms with Gasteiger partial charge in [-0.3, -0.25) is 0 Å². The number of alkyl halides is 3. The molecule has 160 valence electrons. The van der Waals surface area contributed by atoms with Crippen LogP contribution in [0.15, 0.2) is 35.5 Å². The summed E-state index contributed by atoms with van der Waals surface area (Å²) in [5.41, 5.74) is 1.44. The Hall–Kier alpha value is -1.57. The Kier molecular flexibility index (Phi) is 6.05. The van der Waals surface area contributed by atoms with Crippen LogP contribution < -0.4 is 5.43 Å². The lowest BCUT2D eigenvalue weighted by atomic mass is 9.97. The highest BCUT2D eigenvalue weighted by atomic mass is 35.5. The summed E-state index contributed by atoms with van der Waals surface area (Å²) < 4.78 is 48.6. The smallest absolute Gasteiger partial charge is 0.413 e. The number of rotatable bonds is 6. The Morgan fingerprint density at radius 2 is 1.79 bits per heavy atom. The second kappa shape index (κ2) is 7.93. The van der Waals surface area contributed by atoms with Gasteiger partial charge in [0.15, 0.2) is 5.54 Å². The summed E-state index contributed by atoms with van der Waals surface area (Å²) in [7, 11) is 0. The summed E-state index contributed by atoms with van der Waals surface area (Å²) in [6.07, 6.45) is -3.11. The van der Waals surface area contributed by atoms with Crippen molar-refractivity contribution in [2.75, 3.05) is 13.1 Å². The van der Waals surface area contributed by atoms with E-state index in [4.69, 9.17) is 27.9 Å². The molecule has 0 radical (unpaired) electrons. The molecule has 1 N–H and O–H groups in total. The molecule has 2 aliphatic rings. The fourth-order valence-corrected chi connectivity index (χ4v) is 4.26. The molecule has 1 aromatic rings. The third kappa shape index (κ3) is 3.68. The van der Waals surface area contributed by atoms with Crippen molar-refractivity contribution >= 4 is 28.9 Å². The van der Waals surface area contributed by atoms with E-state index >= 15 is 0 Å². The van der Waals surface area contributed by atoms with Crippen molar-refractivity contribution in [2.45, 2.75) is 52.3 Å². The minimum Gasteiger partial charge on any atom is -0.440 e. The summed E-state index contributed by atoms with van der Waals surface area (Å²) in [6, 6.07) is 4.88.